The molecule has 1 aliphatic rings. The Kier molecular flexibility index (Phi) is 5.89. The molecule has 3 rings (SSSR count). The Balaban J connectivity index is 1.56. The van der Waals surface area contributed by atoms with Gasteiger partial charge in [0.15, 0.2) is 11.6 Å². The van der Waals surface area contributed by atoms with Gasteiger partial charge in [-0.2, -0.15) is 0 Å². The van der Waals surface area contributed by atoms with Crippen LogP contribution in [0, 0.1) is 5.82 Å². The van der Waals surface area contributed by atoms with Gasteiger partial charge in [0.05, 0.1) is 19.7 Å². The van der Waals surface area contributed by atoms with Crippen LogP contribution in [-0.4, -0.2) is 31.5 Å². The predicted molar refractivity (Wildman–Crippen MR) is 99.5 cm³/mol. The monoisotopic (exact) mass is 356 g/mol. The molecule has 0 aromatic heterocycles. The van der Waals surface area contributed by atoms with Gasteiger partial charge >= 0.3 is 0 Å². The van der Waals surface area contributed by atoms with E-state index >= 15 is 0 Å². The molecule has 0 fully saturated rings. The molecule has 1 amide bonds. The number of ether oxygens (including phenoxy) is 1. The van der Waals surface area contributed by atoms with Crippen molar-refractivity contribution in [1.82, 2.24) is 10.2 Å². The maximum atomic E-state index is 13.8. The van der Waals surface area contributed by atoms with E-state index in [1.807, 2.05) is 30.1 Å². The van der Waals surface area contributed by atoms with Crippen LogP contribution in [0.1, 0.15) is 35.6 Å². The second-order valence-corrected chi connectivity index (χ2v) is 6.85. The van der Waals surface area contributed by atoms with E-state index in [0.717, 1.165) is 24.8 Å². The summed E-state index contributed by atoms with van der Waals surface area (Å²) in [5.74, 6) is -0.171. The van der Waals surface area contributed by atoms with Crippen LogP contribution in [0.2, 0.25) is 0 Å². The molecule has 138 valence electrons. The Labute approximate surface area is 154 Å². The van der Waals surface area contributed by atoms with Crippen LogP contribution in [-0.2, 0) is 17.8 Å². The smallest absolute Gasteiger partial charge is 0.234 e. The summed E-state index contributed by atoms with van der Waals surface area (Å²) in [6.07, 6.45) is 3.13. The molecular weight excluding hydrogens is 331 g/mol. The first-order valence-corrected chi connectivity index (χ1v) is 8.95. The van der Waals surface area contributed by atoms with Crippen LogP contribution < -0.4 is 10.1 Å². The number of hydrogen-bond donors (Lipinski definition) is 1. The lowest BCUT2D eigenvalue weighted by Crippen LogP contribution is -2.38. The van der Waals surface area contributed by atoms with Crippen molar-refractivity contribution in [3.63, 3.8) is 0 Å². The van der Waals surface area contributed by atoms with Crippen LogP contribution >= 0.6 is 0 Å². The van der Waals surface area contributed by atoms with Crippen LogP contribution in [0.4, 0.5) is 4.39 Å². The predicted octanol–water partition coefficient (Wildman–Crippen LogP) is 3.46. The van der Waals surface area contributed by atoms with Gasteiger partial charge in [0.2, 0.25) is 5.91 Å². The third kappa shape index (κ3) is 4.41. The average Bonchev–Trinajstić information content (AvgIpc) is 2.62. The van der Waals surface area contributed by atoms with Gasteiger partial charge in [-0.05, 0) is 55.1 Å². The van der Waals surface area contributed by atoms with Gasteiger partial charge in [0, 0.05) is 6.54 Å². The molecule has 0 heterocycles. The standard InChI is InChI=1S/C21H25FN2O2/c1-24(13-15-10-11-20(26-2)18(22)12-15)14-21(25)23-19-9-5-7-16-6-3-4-8-17(16)19/h3-4,6,8,10-12,19H,5,7,9,13-14H2,1-2H3,(H,23,25). The average molecular weight is 356 g/mol. The molecule has 2 aromatic carbocycles. The topological polar surface area (TPSA) is 41.6 Å². The van der Waals surface area contributed by atoms with E-state index in [1.54, 1.807) is 6.07 Å². The molecule has 0 saturated carbocycles. The Morgan fingerprint density at radius 1 is 1.31 bits per heavy atom. The zero-order chi connectivity index (χ0) is 18.5. The van der Waals surface area contributed by atoms with Gasteiger partial charge in [-0.1, -0.05) is 30.3 Å². The lowest BCUT2D eigenvalue weighted by molar-refractivity contribution is -0.122. The maximum absolute atomic E-state index is 13.8. The summed E-state index contributed by atoms with van der Waals surface area (Å²) >= 11 is 0. The lowest BCUT2D eigenvalue weighted by atomic mass is 9.88. The summed E-state index contributed by atoms with van der Waals surface area (Å²) in [4.78, 5) is 14.3. The highest BCUT2D eigenvalue weighted by atomic mass is 19.1. The van der Waals surface area contributed by atoms with Crippen molar-refractivity contribution in [2.45, 2.75) is 31.8 Å². The number of fused-ring (bicyclic) bond motifs is 1. The van der Waals surface area contributed by atoms with E-state index in [1.165, 1.54) is 24.3 Å². The van der Waals surface area contributed by atoms with E-state index in [-0.39, 0.29) is 30.1 Å². The number of aryl methyl sites for hydroxylation is 1. The Morgan fingerprint density at radius 2 is 2.12 bits per heavy atom. The van der Waals surface area contributed by atoms with Gasteiger partial charge in [-0.15, -0.1) is 0 Å². The maximum Gasteiger partial charge on any atom is 0.234 e. The van der Waals surface area contributed by atoms with E-state index in [2.05, 4.69) is 17.4 Å². The molecular formula is C21H25FN2O2. The van der Waals surface area contributed by atoms with Crippen molar-refractivity contribution in [3.05, 3.63) is 65.0 Å². The molecule has 0 radical (unpaired) electrons. The summed E-state index contributed by atoms with van der Waals surface area (Å²) in [5.41, 5.74) is 3.36. The van der Waals surface area contributed by atoms with Crippen LogP contribution in [0.3, 0.4) is 0 Å². The third-order valence-electron chi connectivity index (χ3n) is 4.79. The number of hydrogen-bond acceptors (Lipinski definition) is 3. The zero-order valence-electron chi connectivity index (χ0n) is 15.3. The highest BCUT2D eigenvalue weighted by Crippen LogP contribution is 2.29. The van der Waals surface area contributed by atoms with Crippen molar-refractivity contribution in [1.29, 1.82) is 0 Å². The molecule has 0 spiro atoms. The number of nitrogens with zero attached hydrogens (tertiary/aromatic N) is 1. The molecule has 0 saturated heterocycles. The Bertz CT molecular complexity index is 778. The second-order valence-electron chi connectivity index (χ2n) is 6.85. The fourth-order valence-corrected chi connectivity index (χ4v) is 3.56. The number of methoxy groups -OCH3 is 1. The number of carbonyl (C=O) groups is 1. The first-order valence-electron chi connectivity index (χ1n) is 8.95. The molecule has 0 aliphatic heterocycles. The molecule has 26 heavy (non-hydrogen) atoms. The minimum absolute atomic E-state index is 0.0109. The zero-order valence-corrected chi connectivity index (χ0v) is 15.3. The van der Waals surface area contributed by atoms with Crippen molar-refractivity contribution in [3.8, 4) is 5.75 Å². The molecule has 1 N–H and O–H groups in total. The van der Waals surface area contributed by atoms with Crippen molar-refractivity contribution in [2.75, 3.05) is 20.7 Å². The van der Waals surface area contributed by atoms with Gasteiger partial charge in [0.25, 0.3) is 0 Å². The summed E-state index contributed by atoms with van der Waals surface area (Å²) in [5, 5.41) is 3.15. The van der Waals surface area contributed by atoms with Crippen LogP contribution in [0.25, 0.3) is 0 Å². The van der Waals surface area contributed by atoms with Crippen molar-refractivity contribution < 1.29 is 13.9 Å². The van der Waals surface area contributed by atoms with E-state index < -0.39 is 0 Å². The quantitative estimate of drug-likeness (QED) is 0.862. The molecule has 4 nitrogen and oxygen atoms in total. The van der Waals surface area contributed by atoms with E-state index in [0.29, 0.717) is 6.54 Å². The normalized spacial score (nSPS) is 16.2. The summed E-state index contributed by atoms with van der Waals surface area (Å²) in [6.45, 7) is 0.766. The second kappa shape index (κ2) is 8.32. The lowest BCUT2D eigenvalue weighted by Gasteiger charge is -2.27. The summed E-state index contributed by atoms with van der Waals surface area (Å²) < 4.78 is 18.7. The fraction of sp³-hybridized carbons (Fsp3) is 0.381. The van der Waals surface area contributed by atoms with Gasteiger partial charge in [0.1, 0.15) is 0 Å². The van der Waals surface area contributed by atoms with Crippen LogP contribution in [0.5, 0.6) is 5.75 Å². The number of halogens is 1. The molecule has 1 unspecified atom stereocenters. The first kappa shape index (κ1) is 18.4. The molecule has 1 atom stereocenters. The molecule has 5 heteroatoms. The largest absolute Gasteiger partial charge is 0.494 e. The van der Waals surface area contributed by atoms with Gasteiger partial charge in [-0.25, -0.2) is 4.39 Å². The van der Waals surface area contributed by atoms with Crippen molar-refractivity contribution >= 4 is 5.91 Å². The van der Waals surface area contributed by atoms with E-state index in [9.17, 15) is 9.18 Å². The number of benzene rings is 2. The summed E-state index contributed by atoms with van der Waals surface area (Å²) in [6, 6.07) is 13.3. The molecule has 1 aliphatic carbocycles. The molecule has 2 aromatic rings. The third-order valence-corrected chi connectivity index (χ3v) is 4.79. The van der Waals surface area contributed by atoms with Crippen LogP contribution in [0.15, 0.2) is 42.5 Å². The highest BCUT2D eigenvalue weighted by molar-refractivity contribution is 5.78. The number of rotatable bonds is 6. The number of likely N-dealkylation sites (N-methyl/N-ethyl adjacent to an activating group) is 1. The minimum atomic E-state index is -0.387. The van der Waals surface area contributed by atoms with Gasteiger partial charge in [-0.3, -0.25) is 9.69 Å². The molecule has 0 bridgehead atoms. The van der Waals surface area contributed by atoms with Crippen molar-refractivity contribution in [2.24, 2.45) is 0 Å². The number of nitrogens with one attached hydrogen (secondary N) is 1. The first-order chi connectivity index (χ1) is 12.6. The SMILES string of the molecule is COc1ccc(CN(C)CC(=O)NC2CCCc3ccccc32)cc1F. The Morgan fingerprint density at radius 3 is 2.88 bits per heavy atom. The van der Waals surface area contributed by atoms with Gasteiger partial charge < -0.3 is 10.1 Å². The summed E-state index contributed by atoms with van der Waals surface area (Å²) in [7, 11) is 3.30. The minimum Gasteiger partial charge on any atom is -0.494 e. The number of carbonyl (C=O) groups excluding carboxylic acids is 1. The highest BCUT2D eigenvalue weighted by Gasteiger charge is 2.21. The van der Waals surface area contributed by atoms with E-state index in [4.69, 9.17) is 4.74 Å². The Hall–Kier alpha value is -2.40. The fourth-order valence-electron chi connectivity index (χ4n) is 3.56. The number of amides is 1.